The van der Waals surface area contributed by atoms with Gasteiger partial charge in [0.15, 0.2) is 0 Å². The molecule has 0 fully saturated rings. The highest BCUT2D eigenvalue weighted by Gasteiger charge is 2.31. The number of nitrogens with zero attached hydrogens (tertiary/aromatic N) is 3. The molecule has 1 amide bonds. The number of hydrogen-bond donors (Lipinski definition) is 0. The fraction of sp³-hybridized carbons (Fsp3) is 0.292. The predicted molar refractivity (Wildman–Crippen MR) is 126 cm³/mol. The second-order valence-electron chi connectivity index (χ2n) is 8.03. The first kappa shape index (κ1) is 25.1. The number of hydrogen-bond acceptors (Lipinski definition) is 6. The Hall–Kier alpha value is -3.50. The molecule has 9 nitrogen and oxygen atoms in total. The number of carbonyl (C=O) groups is 1. The van der Waals surface area contributed by atoms with Gasteiger partial charge in [0, 0.05) is 24.7 Å². The summed E-state index contributed by atoms with van der Waals surface area (Å²) in [6.45, 7) is 3.58. The fourth-order valence-electron chi connectivity index (χ4n) is 3.44. The zero-order valence-corrected chi connectivity index (χ0v) is 19.8. The van der Waals surface area contributed by atoms with Crippen LogP contribution in [0.4, 0.5) is 5.69 Å². The van der Waals surface area contributed by atoms with Crippen LogP contribution in [0.2, 0.25) is 0 Å². The molecule has 34 heavy (non-hydrogen) atoms. The first-order valence-electron chi connectivity index (χ1n) is 10.8. The molecule has 0 aliphatic heterocycles. The van der Waals surface area contributed by atoms with E-state index >= 15 is 0 Å². The smallest absolute Gasteiger partial charge is 0.269 e. The summed E-state index contributed by atoms with van der Waals surface area (Å²) < 4.78 is 33.1. The summed E-state index contributed by atoms with van der Waals surface area (Å²) in [5, 5.41) is 10.9. The minimum atomic E-state index is -4.06. The molecule has 0 bridgehead atoms. The third-order valence-corrected chi connectivity index (χ3v) is 7.35. The van der Waals surface area contributed by atoms with Crippen LogP contribution >= 0.6 is 0 Å². The molecule has 3 aromatic rings. The van der Waals surface area contributed by atoms with E-state index in [0.29, 0.717) is 18.7 Å². The Morgan fingerprint density at radius 3 is 2.26 bits per heavy atom. The number of carbonyl (C=O) groups excluding carboxylic acids is 1. The lowest BCUT2D eigenvalue weighted by molar-refractivity contribution is -0.384. The average Bonchev–Trinajstić information content (AvgIpc) is 3.33. The van der Waals surface area contributed by atoms with Crippen molar-refractivity contribution in [2.75, 3.05) is 13.1 Å². The van der Waals surface area contributed by atoms with Crippen LogP contribution in [0.3, 0.4) is 0 Å². The van der Waals surface area contributed by atoms with Crippen molar-refractivity contribution < 1.29 is 22.6 Å². The summed E-state index contributed by atoms with van der Waals surface area (Å²) in [4.78, 5) is 25.1. The zero-order chi connectivity index (χ0) is 24.7. The minimum Gasteiger partial charge on any atom is -0.467 e. The zero-order valence-electron chi connectivity index (χ0n) is 19.0. The largest absolute Gasteiger partial charge is 0.467 e. The van der Waals surface area contributed by atoms with Crippen molar-refractivity contribution in [3.63, 3.8) is 0 Å². The fourth-order valence-corrected chi connectivity index (χ4v) is 5.03. The highest BCUT2D eigenvalue weighted by molar-refractivity contribution is 7.89. The van der Waals surface area contributed by atoms with Crippen molar-refractivity contribution in [3.8, 4) is 0 Å². The van der Waals surface area contributed by atoms with E-state index in [-0.39, 0.29) is 29.6 Å². The van der Waals surface area contributed by atoms with Crippen molar-refractivity contribution in [1.29, 1.82) is 0 Å². The number of benzene rings is 2. The molecule has 0 saturated carbocycles. The molecular formula is C24H27N3O6S. The monoisotopic (exact) mass is 485 g/mol. The molecule has 0 saturated heterocycles. The summed E-state index contributed by atoms with van der Waals surface area (Å²) in [7, 11) is -4.06. The van der Waals surface area contributed by atoms with Gasteiger partial charge in [0.05, 0.1) is 29.2 Å². The highest BCUT2D eigenvalue weighted by atomic mass is 32.2. The third kappa shape index (κ3) is 6.30. The van der Waals surface area contributed by atoms with Crippen LogP contribution in [0, 0.1) is 10.1 Å². The summed E-state index contributed by atoms with van der Waals surface area (Å²) in [5.74, 6) is 0.224. The Morgan fingerprint density at radius 1 is 1.03 bits per heavy atom. The number of nitro groups is 1. The number of rotatable bonds is 11. The van der Waals surface area contributed by atoms with Gasteiger partial charge in [0.2, 0.25) is 15.9 Å². The topological polar surface area (TPSA) is 114 Å². The van der Waals surface area contributed by atoms with E-state index in [1.54, 1.807) is 30.9 Å². The SMILES string of the molecule is CC(C)N(CC(=O)N(CCc1ccccc1)Cc1ccco1)S(=O)(=O)c1ccc([N+](=O)[O-])cc1. The van der Waals surface area contributed by atoms with E-state index in [2.05, 4.69) is 0 Å². The van der Waals surface area contributed by atoms with E-state index in [4.69, 9.17) is 4.42 Å². The average molecular weight is 486 g/mol. The molecule has 0 radical (unpaired) electrons. The second-order valence-corrected chi connectivity index (χ2v) is 9.92. The standard InChI is InChI=1S/C24H27N3O6S/c1-19(2)26(34(31,32)23-12-10-21(11-13-23)27(29)30)18-24(28)25(17-22-9-6-16-33-22)15-14-20-7-4-3-5-8-20/h3-13,16,19H,14-15,17-18H2,1-2H3. The Labute approximate surface area is 198 Å². The summed E-state index contributed by atoms with van der Waals surface area (Å²) >= 11 is 0. The van der Waals surface area contributed by atoms with Crippen LogP contribution in [0.25, 0.3) is 0 Å². The molecule has 1 heterocycles. The molecule has 2 aromatic carbocycles. The van der Waals surface area contributed by atoms with Crippen LogP contribution < -0.4 is 0 Å². The molecular weight excluding hydrogens is 458 g/mol. The number of furan rings is 1. The van der Waals surface area contributed by atoms with E-state index < -0.39 is 21.0 Å². The van der Waals surface area contributed by atoms with Crippen LogP contribution in [-0.2, 0) is 27.8 Å². The van der Waals surface area contributed by atoms with E-state index in [1.807, 2.05) is 30.3 Å². The second kappa shape index (κ2) is 11.1. The van der Waals surface area contributed by atoms with Gasteiger partial charge in [-0.05, 0) is 50.1 Å². The van der Waals surface area contributed by atoms with Crippen molar-refractivity contribution in [2.24, 2.45) is 0 Å². The maximum Gasteiger partial charge on any atom is 0.269 e. The molecule has 1 aromatic heterocycles. The number of nitro benzene ring substituents is 1. The van der Waals surface area contributed by atoms with Gasteiger partial charge < -0.3 is 9.32 Å². The Bertz CT molecular complexity index is 1190. The lowest BCUT2D eigenvalue weighted by Gasteiger charge is -2.29. The molecule has 3 rings (SSSR count). The maximum atomic E-state index is 13.3. The Balaban J connectivity index is 1.81. The lowest BCUT2D eigenvalue weighted by Crippen LogP contribution is -2.46. The predicted octanol–water partition coefficient (Wildman–Crippen LogP) is 3.86. The first-order valence-corrected chi connectivity index (χ1v) is 12.2. The number of amides is 1. The summed E-state index contributed by atoms with van der Waals surface area (Å²) in [5.41, 5.74) is 0.843. The van der Waals surface area contributed by atoms with E-state index in [9.17, 15) is 23.3 Å². The van der Waals surface area contributed by atoms with Crippen molar-refractivity contribution in [2.45, 2.75) is 37.8 Å². The molecule has 0 spiro atoms. The number of sulfonamides is 1. The lowest BCUT2D eigenvalue weighted by atomic mass is 10.1. The van der Waals surface area contributed by atoms with Gasteiger partial charge in [-0.3, -0.25) is 14.9 Å². The molecule has 10 heteroatoms. The van der Waals surface area contributed by atoms with Crippen LogP contribution in [0.15, 0.2) is 82.3 Å². The third-order valence-electron chi connectivity index (χ3n) is 5.31. The van der Waals surface area contributed by atoms with E-state index in [0.717, 1.165) is 22.0 Å². The van der Waals surface area contributed by atoms with Crippen molar-refractivity contribution in [3.05, 3.63) is 94.4 Å². The maximum absolute atomic E-state index is 13.3. The first-order chi connectivity index (χ1) is 16.2. The van der Waals surface area contributed by atoms with Gasteiger partial charge in [0.1, 0.15) is 5.76 Å². The number of non-ortho nitro benzene ring substituents is 1. The van der Waals surface area contributed by atoms with E-state index in [1.165, 1.54) is 18.4 Å². The minimum absolute atomic E-state index is 0.110. The van der Waals surface area contributed by atoms with Crippen LogP contribution in [-0.4, -0.2) is 47.6 Å². The van der Waals surface area contributed by atoms with Crippen LogP contribution in [0.1, 0.15) is 25.2 Å². The van der Waals surface area contributed by atoms with Gasteiger partial charge in [0.25, 0.3) is 5.69 Å². The van der Waals surface area contributed by atoms with Crippen molar-refractivity contribution in [1.82, 2.24) is 9.21 Å². The summed E-state index contributed by atoms with van der Waals surface area (Å²) in [6.07, 6.45) is 2.12. The van der Waals surface area contributed by atoms with Gasteiger partial charge in [-0.25, -0.2) is 8.42 Å². The van der Waals surface area contributed by atoms with Gasteiger partial charge in [-0.2, -0.15) is 4.31 Å². The normalized spacial score (nSPS) is 11.6. The molecule has 0 aliphatic rings. The van der Waals surface area contributed by atoms with Gasteiger partial charge in [-0.1, -0.05) is 30.3 Å². The van der Waals surface area contributed by atoms with Gasteiger partial charge >= 0.3 is 0 Å². The Morgan fingerprint density at radius 2 is 1.71 bits per heavy atom. The van der Waals surface area contributed by atoms with Crippen molar-refractivity contribution >= 4 is 21.6 Å². The summed E-state index contributed by atoms with van der Waals surface area (Å²) in [6, 6.07) is 17.3. The molecule has 0 unspecified atom stereocenters. The Kier molecular flexibility index (Phi) is 8.19. The van der Waals surface area contributed by atoms with Crippen LogP contribution in [0.5, 0.6) is 0 Å². The highest BCUT2D eigenvalue weighted by Crippen LogP contribution is 2.22. The molecule has 180 valence electrons. The molecule has 0 aliphatic carbocycles. The van der Waals surface area contributed by atoms with Gasteiger partial charge in [-0.15, -0.1) is 0 Å². The molecule has 0 atom stereocenters. The quantitative estimate of drug-likeness (QED) is 0.301. The molecule has 0 N–H and O–H groups in total.